The van der Waals surface area contributed by atoms with E-state index in [1.54, 1.807) is 4.90 Å². The molecule has 2 fully saturated rings. The number of allylic oxidation sites excluding steroid dienone is 3. The quantitative estimate of drug-likeness (QED) is 0.734. The molecule has 1 aliphatic heterocycles. The van der Waals surface area contributed by atoms with Crippen LogP contribution in [0.4, 0.5) is 4.79 Å². The van der Waals surface area contributed by atoms with Gasteiger partial charge >= 0.3 is 6.09 Å². The number of rotatable bonds is 2. The second kappa shape index (κ2) is 5.00. The summed E-state index contributed by atoms with van der Waals surface area (Å²) < 4.78 is 5.42. The first-order chi connectivity index (χ1) is 9.89. The fraction of sp³-hybridized carbons (Fsp3) is 0.647. The van der Waals surface area contributed by atoms with Gasteiger partial charge in [0, 0.05) is 24.9 Å². The van der Waals surface area contributed by atoms with Gasteiger partial charge in [-0.1, -0.05) is 23.8 Å². The number of ether oxygens (including phenoxy) is 1. The summed E-state index contributed by atoms with van der Waals surface area (Å²) in [6, 6.07) is 0. The molecule has 114 valence electrons. The molecule has 0 bridgehead atoms. The third kappa shape index (κ3) is 2.89. The highest BCUT2D eigenvalue weighted by Gasteiger charge is 2.47. The van der Waals surface area contributed by atoms with E-state index in [2.05, 4.69) is 18.2 Å². The van der Waals surface area contributed by atoms with E-state index in [1.807, 2.05) is 20.8 Å². The van der Waals surface area contributed by atoms with Crippen molar-refractivity contribution in [3.05, 3.63) is 23.8 Å². The monoisotopic (exact) mass is 289 g/mol. The van der Waals surface area contributed by atoms with Crippen molar-refractivity contribution >= 4 is 12.4 Å². The van der Waals surface area contributed by atoms with Crippen LogP contribution in [0.5, 0.6) is 0 Å². The number of nitrogens with zero attached hydrogens (tertiary/aromatic N) is 1. The van der Waals surface area contributed by atoms with Gasteiger partial charge in [0.15, 0.2) is 0 Å². The zero-order valence-corrected chi connectivity index (χ0v) is 12.9. The summed E-state index contributed by atoms with van der Waals surface area (Å²) >= 11 is 0. The van der Waals surface area contributed by atoms with Gasteiger partial charge in [-0.05, 0) is 39.0 Å². The van der Waals surface area contributed by atoms with Crippen molar-refractivity contribution in [1.29, 1.82) is 0 Å². The zero-order valence-electron chi connectivity index (χ0n) is 12.9. The van der Waals surface area contributed by atoms with Gasteiger partial charge in [0.25, 0.3) is 0 Å². The molecule has 0 aromatic rings. The van der Waals surface area contributed by atoms with Crippen LogP contribution in [0, 0.1) is 23.7 Å². The molecule has 3 rings (SSSR count). The van der Waals surface area contributed by atoms with Crippen LogP contribution in [-0.2, 0) is 9.53 Å². The number of aldehydes is 1. The van der Waals surface area contributed by atoms with Crippen molar-refractivity contribution in [1.82, 2.24) is 4.90 Å². The van der Waals surface area contributed by atoms with Gasteiger partial charge in [0.05, 0.1) is 0 Å². The molecular weight excluding hydrogens is 266 g/mol. The summed E-state index contributed by atoms with van der Waals surface area (Å²) in [7, 11) is 0. The Labute approximate surface area is 125 Å². The predicted octanol–water partition coefficient (Wildman–Crippen LogP) is 2.80. The minimum Gasteiger partial charge on any atom is -0.444 e. The van der Waals surface area contributed by atoms with Crippen molar-refractivity contribution in [2.45, 2.75) is 32.8 Å². The van der Waals surface area contributed by atoms with Gasteiger partial charge in [-0.15, -0.1) is 0 Å². The maximum absolute atomic E-state index is 12.2. The average Bonchev–Trinajstić information content (AvgIpc) is 3.06. The van der Waals surface area contributed by atoms with E-state index in [0.717, 1.165) is 6.29 Å². The topological polar surface area (TPSA) is 46.6 Å². The molecule has 3 unspecified atom stereocenters. The summed E-state index contributed by atoms with van der Waals surface area (Å²) in [4.78, 5) is 25.3. The number of carbonyl (C=O) groups excluding carboxylic acids is 2. The number of hydrogen-bond acceptors (Lipinski definition) is 3. The van der Waals surface area contributed by atoms with Gasteiger partial charge in [-0.2, -0.15) is 0 Å². The van der Waals surface area contributed by atoms with E-state index in [0.29, 0.717) is 24.9 Å². The molecule has 0 aromatic heterocycles. The Hall–Kier alpha value is -1.58. The van der Waals surface area contributed by atoms with Crippen LogP contribution in [0.1, 0.15) is 27.2 Å². The highest BCUT2D eigenvalue weighted by Crippen LogP contribution is 2.51. The standard InChI is InChI=1S/C17H23NO3/c1-17(2,3)21-16(20)18-8-12(10-19)15(9-18)13-6-4-5-11-7-14(11)13/h4-6,10-12,14-15H,7-9H2,1-3H3/t11?,12-,14?,15?/m1/s1. The van der Waals surface area contributed by atoms with Crippen LogP contribution in [0.2, 0.25) is 0 Å². The Bertz CT molecular complexity index is 515. The number of amides is 1. The van der Waals surface area contributed by atoms with Crippen LogP contribution in [0.25, 0.3) is 0 Å². The molecule has 1 heterocycles. The Morgan fingerprint density at radius 2 is 2.10 bits per heavy atom. The van der Waals surface area contributed by atoms with Gasteiger partial charge in [-0.3, -0.25) is 0 Å². The van der Waals surface area contributed by atoms with E-state index < -0.39 is 5.60 Å². The van der Waals surface area contributed by atoms with E-state index in [9.17, 15) is 9.59 Å². The summed E-state index contributed by atoms with van der Waals surface area (Å²) in [5, 5.41) is 0. The van der Waals surface area contributed by atoms with E-state index in [1.165, 1.54) is 12.0 Å². The van der Waals surface area contributed by atoms with Crippen LogP contribution < -0.4 is 0 Å². The van der Waals surface area contributed by atoms with Crippen molar-refractivity contribution < 1.29 is 14.3 Å². The minimum absolute atomic E-state index is 0.100. The molecule has 1 saturated heterocycles. The number of hydrogen-bond donors (Lipinski definition) is 0. The molecule has 1 saturated carbocycles. The molecular formula is C17H23NO3. The molecule has 4 atom stereocenters. The van der Waals surface area contributed by atoms with Crippen molar-refractivity contribution in [2.75, 3.05) is 13.1 Å². The lowest BCUT2D eigenvalue weighted by atomic mass is 9.85. The Morgan fingerprint density at radius 1 is 1.33 bits per heavy atom. The molecule has 21 heavy (non-hydrogen) atoms. The van der Waals surface area contributed by atoms with Crippen LogP contribution in [0.3, 0.4) is 0 Å². The van der Waals surface area contributed by atoms with Gasteiger partial charge in [0.2, 0.25) is 0 Å². The van der Waals surface area contributed by atoms with Crippen molar-refractivity contribution in [3.63, 3.8) is 0 Å². The minimum atomic E-state index is -0.500. The molecule has 0 N–H and O–H groups in total. The van der Waals surface area contributed by atoms with E-state index >= 15 is 0 Å². The summed E-state index contributed by atoms with van der Waals surface area (Å²) in [5.74, 6) is 1.32. The van der Waals surface area contributed by atoms with Gasteiger partial charge in [0.1, 0.15) is 11.9 Å². The molecule has 2 aliphatic carbocycles. The lowest BCUT2D eigenvalue weighted by Crippen LogP contribution is -2.35. The van der Waals surface area contributed by atoms with Crippen LogP contribution in [-0.4, -0.2) is 36.0 Å². The zero-order chi connectivity index (χ0) is 15.2. The van der Waals surface area contributed by atoms with Crippen LogP contribution in [0.15, 0.2) is 23.8 Å². The number of carbonyl (C=O) groups is 2. The largest absolute Gasteiger partial charge is 0.444 e. The molecule has 4 heteroatoms. The third-order valence-corrected chi connectivity index (χ3v) is 4.53. The number of fused-ring (bicyclic) bond motifs is 1. The second-order valence-corrected chi connectivity index (χ2v) is 7.35. The fourth-order valence-corrected chi connectivity index (χ4v) is 3.44. The Kier molecular flexibility index (Phi) is 3.42. The number of likely N-dealkylation sites (tertiary alicyclic amines) is 1. The van der Waals surface area contributed by atoms with E-state index in [4.69, 9.17) is 4.74 Å². The first kappa shape index (κ1) is 14.4. The average molecular weight is 289 g/mol. The van der Waals surface area contributed by atoms with Crippen molar-refractivity contribution in [2.24, 2.45) is 23.7 Å². The lowest BCUT2D eigenvalue weighted by molar-refractivity contribution is -0.111. The Morgan fingerprint density at radius 3 is 2.76 bits per heavy atom. The predicted molar refractivity (Wildman–Crippen MR) is 79.7 cm³/mol. The molecule has 0 aromatic carbocycles. The van der Waals surface area contributed by atoms with Crippen LogP contribution >= 0.6 is 0 Å². The lowest BCUT2D eigenvalue weighted by Gasteiger charge is -2.24. The summed E-state index contributed by atoms with van der Waals surface area (Å²) in [6.45, 7) is 6.65. The summed E-state index contributed by atoms with van der Waals surface area (Å²) in [5.41, 5.74) is 0.853. The molecule has 4 nitrogen and oxygen atoms in total. The Balaban J connectivity index is 1.71. The van der Waals surface area contributed by atoms with Gasteiger partial charge < -0.3 is 14.4 Å². The summed E-state index contributed by atoms with van der Waals surface area (Å²) in [6.07, 6.45) is 8.37. The smallest absolute Gasteiger partial charge is 0.410 e. The first-order valence-electron chi connectivity index (χ1n) is 7.70. The van der Waals surface area contributed by atoms with Crippen molar-refractivity contribution in [3.8, 4) is 0 Å². The second-order valence-electron chi connectivity index (χ2n) is 7.35. The fourth-order valence-electron chi connectivity index (χ4n) is 3.44. The first-order valence-corrected chi connectivity index (χ1v) is 7.70. The highest BCUT2D eigenvalue weighted by atomic mass is 16.6. The maximum Gasteiger partial charge on any atom is 0.410 e. The molecule has 0 radical (unpaired) electrons. The molecule has 0 spiro atoms. The van der Waals surface area contributed by atoms with Gasteiger partial charge in [-0.25, -0.2) is 4.79 Å². The third-order valence-electron chi connectivity index (χ3n) is 4.53. The SMILES string of the molecule is CC(C)(C)OC(=O)N1CC(C2=CC=CC3CC23)[C@@H](C=O)C1. The normalized spacial score (nSPS) is 34.2. The highest BCUT2D eigenvalue weighted by molar-refractivity contribution is 5.70. The van der Waals surface area contributed by atoms with E-state index in [-0.39, 0.29) is 17.9 Å². The molecule has 1 amide bonds. The molecule has 3 aliphatic rings. The maximum atomic E-state index is 12.2.